The number of rotatable bonds is 4. The van der Waals surface area contributed by atoms with E-state index in [9.17, 15) is 4.79 Å². The molecule has 2 aromatic carbocycles. The number of aryl methyl sites for hydroxylation is 1. The summed E-state index contributed by atoms with van der Waals surface area (Å²) < 4.78 is 0. The number of imidazole rings is 1. The Labute approximate surface area is 129 Å². The van der Waals surface area contributed by atoms with E-state index in [1.807, 2.05) is 62.4 Å². The van der Waals surface area contributed by atoms with Gasteiger partial charge in [0.1, 0.15) is 5.82 Å². The fourth-order valence-electron chi connectivity index (χ4n) is 2.48. The molecule has 0 aliphatic rings. The summed E-state index contributed by atoms with van der Waals surface area (Å²) in [6, 6.07) is 15.5. The summed E-state index contributed by atoms with van der Waals surface area (Å²) in [5, 5.41) is 3.02. The van der Waals surface area contributed by atoms with Gasteiger partial charge in [0.2, 0.25) is 0 Å². The molecule has 3 rings (SSSR count). The number of carbonyl (C=O) groups excluding carboxylic acids is 1. The Bertz CT molecular complexity index is 792. The van der Waals surface area contributed by atoms with Gasteiger partial charge in [0, 0.05) is 12.0 Å². The van der Waals surface area contributed by atoms with Gasteiger partial charge in [0.15, 0.2) is 0 Å². The van der Waals surface area contributed by atoms with Crippen LogP contribution in [0.1, 0.15) is 41.6 Å². The largest absolute Gasteiger partial charge is 0.346 e. The van der Waals surface area contributed by atoms with Crippen LogP contribution < -0.4 is 5.32 Å². The first-order valence-corrected chi connectivity index (χ1v) is 7.52. The van der Waals surface area contributed by atoms with Crippen LogP contribution in [0.4, 0.5) is 0 Å². The summed E-state index contributed by atoms with van der Waals surface area (Å²) >= 11 is 0. The third-order valence-corrected chi connectivity index (χ3v) is 3.78. The maximum Gasteiger partial charge on any atom is 0.251 e. The average Bonchev–Trinajstić information content (AvgIpc) is 2.97. The van der Waals surface area contributed by atoms with Crippen LogP contribution in [0.25, 0.3) is 11.0 Å². The van der Waals surface area contributed by atoms with Crippen molar-refractivity contribution in [2.75, 3.05) is 0 Å². The van der Waals surface area contributed by atoms with Crippen LogP contribution in [0.5, 0.6) is 0 Å². The van der Waals surface area contributed by atoms with Crippen molar-refractivity contribution < 1.29 is 4.79 Å². The van der Waals surface area contributed by atoms with Crippen molar-refractivity contribution >= 4 is 16.9 Å². The van der Waals surface area contributed by atoms with Crippen molar-refractivity contribution in [2.45, 2.75) is 26.3 Å². The zero-order valence-corrected chi connectivity index (χ0v) is 12.8. The smallest absolute Gasteiger partial charge is 0.251 e. The van der Waals surface area contributed by atoms with Crippen LogP contribution >= 0.6 is 0 Å². The van der Waals surface area contributed by atoms with Crippen molar-refractivity contribution in [3.05, 3.63) is 65.5 Å². The van der Waals surface area contributed by atoms with E-state index >= 15 is 0 Å². The SMILES string of the molecule is CCc1nc2ccc(C(=O)NC(C)c3ccccc3)cc2[nH]1. The van der Waals surface area contributed by atoms with Crippen molar-refractivity contribution in [1.82, 2.24) is 15.3 Å². The van der Waals surface area contributed by atoms with E-state index in [-0.39, 0.29) is 11.9 Å². The van der Waals surface area contributed by atoms with Gasteiger partial charge in [-0.1, -0.05) is 37.3 Å². The molecule has 0 bridgehead atoms. The summed E-state index contributed by atoms with van der Waals surface area (Å²) in [6.45, 7) is 4.03. The standard InChI is InChI=1S/C18H19N3O/c1-3-17-20-15-10-9-14(11-16(15)21-17)18(22)19-12(2)13-7-5-4-6-8-13/h4-12H,3H2,1-2H3,(H,19,22)(H,20,21). The first-order valence-electron chi connectivity index (χ1n) is 7.52. The Kier molecular flexibility index (Phi) is 3.92. The fraction of sp³-hybridized carbons (Fsp3) is 0.222. The number of hydrogen-bond donors (Lipinski definition) is 2. The monoisotopic (exact) mass is 293 g/mol. The minimum absolute atomic E-state index is 0.0302. The minimum Gasteiger partial charge on any atom is -0.346 e. The molecule has 0 saturated heterocycles. The van der Waals surface area contributed by atoms with E-state index in [0.29, 0.717) is 5.56 Å². The second kappa shape index (κ2) is 6.02. The maximum absolute atomic E-state index is 12.4. The molecule has 0 saturated carbocycles. The Morgan fingerprint density at radius 2 is 2.00 bits per heavy atom. The lowest BCUT2D eigenvalue weighted by atomic mass is 10.1. The van der Waals surface area contributed by atoms with E-state index in [1.165, 1.54) is 0 Å². The van der Waals surface area contributed by atoms with Crippen molar-refractivity contribution in [1.29, 1.82) is 0 Å². The van der Waals surface area contributed by atoms with E-state index in [1.54, 1.807) is 0 Å². The number of nitrogens with zero attached hydrogens (tertiary/aromatic N) is 1. The highest BCUT2D eigenvalue weighted by atomic mass is 16.1. The number of hydrogen-bond acceptors (Lipinski definition) is 2. The predicted molar refractivity (Wildman–Crippen MR) is 87.8 cm³/mol. The molecular formula is C18H19N3O. The van der Waals surface area contributed by atoms with Crippen LogP contribution in [0.3, 0.4) is 0 Å². The van der Waals surface area contributed by atoms with Crippen LogP contribution in [-0.2, 0) is 6.42 Å². The highest BCUT2D eigenvalue weighted by Gasteiger charge is 2.12. The maximum atomic E-state index is 12.4. The number of fused-ring (bicyclic) bond motifs is 1. The van der Waals surface area contributed by atoms with Gasteiger partial charge in [-0.05, 0) is 30.7 Å². The van der Waals surface area contributed by atoms with Crippen molar-refractivity contribution in [3.63, 3.8) is 0 Å². The molecule has 4 heteroatoms. The van der Waals surface area contributed by atoms with Crippen LogP contribution in [0.15, 0.2) is 48.5 Å². The molecule has 0 spiro atoms. The van der Waals surface area contributed by atoms with E-state index < -0.39 is 0 Å². The molecule has 0 aliphatic heterocycles. The van der Waals surface area contributed by atoms with Gasteiger partial charge >= 0.3 is 0 Å². The molecule has 0 radical (unpaired) electrons. The summed E-state index contributed by atoms with van der Waals surface area (Å²) in [5.41, 5.74) is 3.52. The molecule has 1 atom stereocenters. The molecule has 112 valence electrons. The van der Waals surface area contributed by atoms with Gasteiger partial charge in [-0.3, -0.25) is 4.79 Å². The van der Waals surface area contributed by atoms with Gasteiger partial charge in [0.25, 0.3) is 5.91 Å². The second-order valence-electron chi connectivity index (χ2n) is 5.37. The Morgan fingerprint density at radius 3 is 2.73 bits per heavy atom. The fourth-order valence-corrected chi connectivity index (χ4v) is 2.48. The molecule has 22 heavy (non-hydrogen) atoms. The molecule has 0 aliphatic carbocycles. The molecule has 1 heterocycles. The van der Waals surface area contributed by atoms with E-state index in [0.717, 1.165) is 28.8 Å². The molecule has 1 aromatic heterocycles. The topological polar surface area (TPSA) is 57.8 Å². The minimum atomic E-state index is -0.0779. The van der Waals surface area contributed by atoms with E-state index in [4.69, 9.17) is 0 Å². The summed E-state index contributed by atoms with van der Waals surface area (Å²) in [5.74, 6) is 0.858. The second-order valence-corrected chi connectivity index (χ2v) is 5.37. The van der Waals surface area contributed by atoms with Gasteiger partial charge in [-0.25, -0.2) is 4.98 Å². The molecular weight excluding hydrogens is 274 g/mol. The van der Waals surface area contributed by atoms with Gasteiger partial charge in [-0.15, -0.1) is 0 Å². The first kappa shape index (κ1) is 14.3. The molecule has 1 amide bonds. The highest BCUT2D eigenvalue weighted by molar-refractivity contribution is 5.97. The van der Waals surface area contributed by atoms with Gasteiger partial charge < -0.3 is 10.3 Å². The third-order valence-electron chi connectivity index (χ3n) is 3.78. The lowest BCUT2D eigenvalue weighted by Crippen LogP contribution is -2.26. The highest BCUT2D eigenvalue weighted by Crippen LogP contribution is 2.16. The van der Waals surface area contributed by atoms with Crippen LogP contribution in [0, 0.1) is 0 Å². The number of H-pyrrole nitrogens is 1. The van der Waals surface area contributed by atoms with E-state index in [2.05, 4.69) is 15.3 Å². The zero-order chi connectivity index (χ0) is 15.5. The number of benzene rings is 2. The number of amides is 1. The number of aromatic amines is 1. The predicted octanol–water partition coefficient (Wildman–Crippen LogP) is 3.62. The Hall–Kier alpha value is -2.62. The molecule has 2 N–H and O–H groups in total. The van der Waals surface area contributed by atoms with Crippen LogP contribution in [-0.4, -0.2) is 15.9 Å². The lowest BCUT2D eigenvalue weighted by Gasteiger charge is -2.14. The van der Waals surface area contributed by atoms with Gasteiger partial charge in [-0.2, -0.15) is 0 Å². The normalized spacial score (nSPS) is 12.3. The quantitative estimate of drug-likeness (QED) is 0.772. The number of aromatic nitrogens is 2. The van der Waals surface area contributed by atoms with Crippen molar-refractivity contribution in [2.24, 2.45) is 0 Å². The molecule has 1 unspecified atom stereocenters. The summed E-state index contributed by atoms with van der Waals surface area (Å²) in [4.78, 5) is 20.1. The lowest BCUT2D eigenvalue weighted by molar-refractivity contribution is 0.0940. The Balaban J connectivity index is 1.80. The van der Waals surface area contributed by atoms with Gasteiger partial charge in [0.05, 0.1) is 17.1 Å². The zero-order valence-electron chi connectivity index (χ0n) is 12.8. The molecule has 3 aromatic rings. The third kappa shape index (κ3) is 2.86. The first-order chi connectivity index (χ1) is 10.7. The summed E-state index contributed by atoms with van der Waals surface area (Å²) in [6.07, 6.45) is 0.848. The van der Waals surface area contributed by atoms with Crippen LogP contribution in [0.2, 0.25) is 0 Å². The molecule has 0 fully saturated rings. The number of nitrogens with one attached hydrogen (secondary N) is 2. The number of carbonyl (C=O) groups is 1. The Morgan fingerprint density at radius 1 is 1.23 bits per heavy atom. The average molecular weight is 293 g/mol. The summed E-state index contributed by atoms with van der Waals surface area (Å²) in [7, 11) is 0. The van der Waals surface area contributed by atoms with Crippen molar-refractivity contribution in [3.8, 4) is 0 Å². The molecule has 4 nitrogen and oxygen atoms in total.